The van der Waals surface area contributed by atoms with Crippen molar-refractivity contribution in [3.05, 3.63) is 66.0 Å². The quantitative estimate of drug-likeness (QED) is 0.512. The molecule has 1 fully saturated rings. The van der Waals surface area contributed by atoms with Crippen molar-refractivity contribution in [2.75, 3.05) is 30.7 Å². The minimum Gasteiger partial charge on any atom is -0.375 e. The van der Waals surface area contributed by atoms with Crippen LogP contribution < -0.4 is 11.1 Å². The number of rotatable bonds is 6. The van der Waals surface area contributed by atoms with Crippen LogP contribution in [-0.4, -0.2) is 29.5 Å². The molecule has 1 aliphatic rings. The Morgan fingerprint density at radius 3 is 2.79 bits per heavy atom. The molecule has 0 bridgehead atoms. The summed E-state index contributed by atoms with van der Waals surface area (Å²) >= 11 is 1.55. The van der Waals surface area contributed by atoms with E-state index in [4.69, 9.17) is 11.3 Å². The standard InChI is InChI=1S/C21H24N6S/c22-21-25-19-7-6-16(12-20(19)28-21)15-8-10-27(11-9-15)14-18(26-23)13-24-17-4-2-1-3-5-17/h1-7,12-13,15,23-24H,8-11,14H2,(H2,22,25)/b18-13-,26-23?. The van der Waals surface area contributed by atoms with Gasteiger partial charge in [0.05, 0.1) is 15.9 Å². The molecule has 0 saturated carbocycles. The van der Waals surface area contributed by atoms with E-state index in [1.807, 2.05) is 36.5 Å². The predicted octanol–water partition coefficient (Wildman–Crippen LogP) is 5.04. The Balaban J connectivity index is 1.34. The van der Waals surface area contributed by atoms with Gasteiger partial charge >= 0.3 is 0 Å². The molecule has 1 saturated heterocycles. The molecule has 3 aromatic rings. The van der Waals surface area contributed by atoms with Crippen molar-refractivity contribution in [1.29, 1.82) is 5.53 Å². The Morgan fingerprint density at radius 1 is 1.25 bits per heavy atom. The maximum Gasteiger partial charge on any atom is 0.181 e. The Kier molecular flexibility index (Phi) is 5.64. The minimum absolute atomic E-state index is 0.562. The van der Waals surface area contributed by atoms with Crippen molar-refractivity contribution < 1.29 is 0 Å². The van der Waals surface area contributed by atoms with Gasteiger partial charge in [-0.15, -0.1) is 0 Å². The number of likely N-dealkylation sites (tertiary alicyclic amines) is 1. The van der Waals surface area contributed by atoms with Crippen LogP contribution in [0.1, 0.15) is 24.3 Å². The van der Waals surface area contributed by atoms with Crippen LogP contribution in [0.3, 0.4) is 0 Å². The fraction of sp³-hybridized carbons (Fsp3) is 0.286. The van der Waals surface area contributed by atoms with Crippen LogP contribution in [0.4, 0.5) is 10.8 Å². The lowest BCUT2D eigenvalue weighted by Crippen LogP contribution is -2.34. The van der Waals surface area contributed by atoms with Gasteiger partial charge in [-0.25, -0.2) is 10.5 Å². The van der Waals surface area contributed by atoms with Crippen molar-refractivity contribution in [3.8, 4) is 0 Å². The number of nitrogens with two attached hydrogens (primary N) is 1. The van der Waals surface area contributed by atoms with Crippen molar-refractivity contribution >= 4 is 32.4 Å². The Morgan fingerprint density at radius 2 is 2.04 bits per heavy atom. The number of fused-ring (bicyclic) bond motifs is 1. The number of nitrogens with zero attached hydrogens (tertiary/aromatic N) is 3. The van der Waals surface area contributed by atoms with Gasteiger partial charge in [-0.2, -0.15) is 5.11 Å². The molecule has 0 amide bonds. The molecule has 0 atom stereocenters. The summed E-state index contributed by atoms with van der Waals surface area (Å²) in [7, 11) is 0. The average molecular weight is 393 g/mol. The second-order valence-corrected chi connectivity index (χ2v) is 8.15. The number of hydrogen-bond donors (Lipinski definition) is 3. The van der Waals surface area contributed by atoms with Crippen LogP contribution >= 0.6 is 11.3 Å². The van der Waals surface area contributed by atoms with Gasteiger partial charge in [-0.05, 0) is 61.7 Å². The number of aromatic nitrogens is 1. The second-order valence-electron chi connectivity index (χ2n) is 7.09. The first-order chi connectivity index (χ1) is 13.7. The predicted molar refractivity (Wildman–Crippen MR) is 116 cm³/mol. The summed E-state index contributed by atoms with van der Waals surface area (Å²) in [5, 5.41) is 7.55. The van der Waals surface area contributed by atoms with Gasteiger partial charge in [-0.3, -0.25) is 4.90 Å². The van der Waals surface area contributed by atoms with E-state index in [-0.39, 0.29) is 0 Å². The highest BCUT2D eigenvalue weighted by Crippen LogP contribution is 2.32. The normalized spacial score (nSPS) is 16.4. The van der Waals surface area contributed by atoms with Crippen LogP contribution in [0.5, 0.6) is 0 Å². The fourth-order valence-corrected chi connectivity index (χ4v) is 4.46. The lowest BCUT2D eigenvalue weighted by atomic mass is 9.89. The summed E-state index contributed by atoms with van der Waals surface area (Å²) < 4.78 is 1.17. The van der Waals surface area contributed by atoms with Crippen molar-refractivity contribution in [2.24, 2.45) is 5.11 Å². The number of hydrogen-bond acceptors (Lipinski definition) is 7. The molecule has 0 unspecified atom stereocenters. The first kappa shape index (κ1) is 18.6. The van der Waals surface area contributed by atoms with E-state index in [2.05, 4.69) is 38.5 Å². The summed E-state index contributed by atoms with van der Waals surface area (Å²) in [5.41, 5.74) is 17.4. The molecule has 6 nitrogen and oxygen atoms in total. The maximum absolute atomic E-state index is 7.47. The minimum atomic E-state index is 0.562. The third kappa shape index (κ3) is 4.37. The Bertz CT molecular complexity index is 973. The molecule has 4 rings (SSSR count). The first-order valence-corrected chi connectivity index (χ1v) is 10.3. The maximum atomic E-state index is 7.47. The van der Waals surface area contributed by atoms with Gasteiger partial charge < -0.3 is 11.1 Å². The van der Waals surface area contributed by atoms with E-state index in [9.17, 15) is 0 Å². The fourth-order valence-electron chi connectivity index (χ4n) is 3.68. The molecule has 0 spiro atoms. The largest absolute Gasteiger partial charge is 0.375 e. The summed E-state index contributed by atoms with van der Waals surface area (Å²) in [6.45, 7) is 2.71. The SMILES string of the molecule is N=N/C(=C\Nc1ccccc1)CN1CCC(c2ccc3nc(N)sc3c2)CC1. The smallest absolute Gasteiger partial charge is 0.181 e. The Hall–Kier alpha value is -2.77. The zero-order chi connectivity index (χ0) is 19.3. The van der Waals surface area contributed by atoms with Crippen LogP contribution in [0, 0.1) is 5.53 Å². The van der Waals surface area contributed by atoms with Gasteiger partial charge in [0.2, 0.25) is 0 Å². The zero-order valence-corrected chi connectivity index (χ0v) is 16.5. The molecule has 0 radical (unpaired) electrons. The third-order valence-corrected chi connectivity index (χ3v) is 6.04. The molecule has 28 heavy (non-hydrogen) atoms. The van der Waals surface area contributed by atoms with E-state index in [0.29, 0.717) is 17.6 Å². The number of para-hydroxylation sites is 1. The van der Waals surface area contributed by atoms with Gasteiger partial charge in [-0.1, -0.05) is 35.6 Å². The molecule has 2 aromatic carbocycles. The Labute approximate surface area is 168 Å². The van der Waals surface area contributed by atoms with E-state index >= 15 is 0 Å². The highest BCUT2D eigenvalue weighted by molar-refractivity contribution is 7.22. The van der Waals surface area contributed by atoms with Gasteiger partial charge in [0, 0.05) is 18.4 Å². The van der Waals surface area contributed by atoms with Crippen LogP contribution in [0.15, 0.2) is 65.5 Å². The highest BCUT2D eigenvalue weighted by atomic mass is 32.1. The van der Waals surface area contributed by atoms with Gasteiger partial charge in [0.15, 0.2) is 5.13 Å². The lowest BCUT2D eigenvalue weighted by Gasteiger charge is -2.32. The topological polar surface area (TPSA) is 90.4 Å². The van der Waals surface area contributed by atoms with E-state index in [1.54, 1.807) is 11.3 Å². The van der Waals surface area contributed by atoms with Crippen molar-refractivity contribution in [1.82, 2.24) is 9.88 Å². The number of anilines is 2. The third-order valence-electron chi connectivity index (χ3n) is 5.20. The van der Waals surface area contributed by atoms with Gasteiger partial charge in [0.1, 0.15) is 0 Å². The van der Waals surface area contributed by atoms with E-state index in [1.165, 1.54) is 10.3 Å². The molecular formula is C21H24N6S. The second kappa shape index (κ2) is 8.50. The number of benzene rings is 2. The first-order valence-electron chi connectivity index (χ1n) is 9.47. The van der Waals surface area contributed by atoms with Gasteiger partial charge in [0.25, 0.3) is 0 Å². The van der Waals surface area contributed by atoms with Crippen molar-refractivity contribution in [3.63, 3.8) is 0 Å². The summed E-state index contributed by atoms with van der Waals surface area (Å²) in [6, 6.07) is 16.5. The molecule has 144 valence electrons. The molecule has 1 aliphatic heterocycles. The van der Waals surface area contributed by atoms with E-state index < -0.39 is 0 Å². The number of nitrogens with one attached hydrogen (secondary N) is 2. The summed E-state index contributed by atoms with van der Waals surface area (Å²) in [5.74, 6) is 0.562. The molecule has 4 N–H and O–H groups in total. The number of thiazole rings is 1. The van der Waals surface area contributed by atoms with Crippen LogP contribution in [0.2, 0.25) is 0 Å². The lowest BCUT2D eigenvalue weighted by molar-refractivity contribution is 0.227. The molecule has 2 heterocycles. The summed E-state index contributed by atoms with van der Waals surface area (Å²) in [6.07, 6.45) is 4.05. The molecule has 7 heteroatoms. The highest BCUT2D eigenvalue weighted by Gasteiger charge is 2.21. The zero-order valence-electron chi connectivity index (χ0n) is 15.6. The number of nitrogen functional groups attached to an aromatic ring is 1. The van der Waals surface area contributed by atoms with Crippen LogP contribution in [-0.2, 0) is 0 Å². The number of piperidine rings is 1. The van der Waals surface area contributed by atoms with Crippen molar-refractivity contribution in [2.45, 2.75) is 18.8 Å². The monoisotopic (exact) mass is 392 g/mol. The van der Waals surface area contributed by atoms with E-state index in [0.717, 1.165) is 42.8 Å². The van der Waals surface area contributed by atoms with Crippen LogP contribution in [0.25, 0.3) is 10.2 Å². The average Bonchev–Trinajstić information content (AvgIpc) is 3.11. The molecule has 0 aliphatic carbocycles. The molecule has 1 aromatic heterocycles. The molecular weight excluding hydrogens is 368 g/mol. The summed E-state index contributed by atoms with van der Waals surface area (Å²) in [4.78, 5) is 6.71.